The number of halogens is 1. The van der Waals surface area contributed by atoms with Gasteiger partial charge in [-0.05, 0) is 23.8 Å². The number of nitrogen functional groups attached to an aromatic ring is 1. The summed E-state index contributed by atoms with van der Waals surface area (Å²) in [5, 5.41) is 4.53. The van der Waals surface area contributed by atoms with Crippen LogP contribution in [0.1, 0.15) is 12.0 Å². The van der Waals surface area contributed by atoms with Gasteiger partial charge in [0.25, 0.3) is 5.95 Å². The van der Waals surface area contributed by atoms with Crippen molar-refractivity contribution in [3.8, 4) is 17.1 Å². The van der Waals surface area contributed by atoms with Crippen LogP contribution in [0.4, 0.5) is 5.82 Å². The first-order valence-corrected chi connectivity index (χ1v) is 7.92. The molecule has 0 bridgehead atoms. The second kappa shape index (κ2) is 7.08. The van der Waals surface area contributed by atoms with E-state index in [1.807, 2.05) is 24.3 Å². The van der Waals surface area contributed by atoms with Crippen molar-refractivity contribution in [2.75, 3.05) is 20.0 Å². The van der Waals surface area contributed by atoms with Crippen molar-refractivity contribution in [2.45, 2.75) is 6.29 Å². The topological polar surface area (TPSA) is 88.1 Å². The van der Waals surface area contributed by atoms with Gasteiger partial charge in [-0.1, -0.05) is 28.1 Å². The maximum atomic E-state index is 6.35. The third-order valence-electron chi connectivity index (χ3n) is 3.47. The minimum Gasteiger partial charge on any atom is -0.383 e. The fourth-order valence-corrected chi connectivity index (χ4v) is 2.66. The fourth-order valence-electron chi connectivity index (χ4n) is 2.40. The molecule has 0 fully saturated rings. The predicted octanol–water partition coefficient (Wildman–Crippen LogP) is 2.97. The molecule has 3 aromatic rings. The van der Waals surface area contributed by atoms with Crippen molar-refractivity contribution in [2.24, 2.45) is 0 Å². The van der Waals surface area contributed by atoms with Gasteiger partial charge >= 0.3 is 0 Å². The Bertz CT molecular complexity index is 816. The Morgan fingerprint density at radius 1 is 1.08 bits per heavy atom. The van der Waals surface area contributed by atoms with E-state index in [9.17, 15) is 0 Å². The zero-order valence-corrected chi connectivity index (χ0v) is 14.8. The molecule has 0 amide bonds. The van der Waals surface area contributed by atoms with Crippen LogP contribution in [0.25, 0.3) is 17.1 Å². The van der Waals surface area contributed by atoms with Gasteiger partial charge in [-0.15, -0.1) is 0 Å². The number of nitrogens with two attached hydrogens (primary N) is 1. The third-order valence-corrected chi connectivity index (χ3v) is 4.00. The van der Waals surface area contributed by atoms with Gasteiger partial charge in [0.2, 0.25) is 6.29 Å². The van der Waals surface area contributed by atoms with Gasteiger partial charge in [0, 0.05) is 31.1 Å². The SMILES string of the molecule is COC(OC)c1nn(-c2ncccn2)c(N)c1-c1ccc(Br)cc1. The van der Waals surface area contributed by atoms with E-state index in [4.69, 9.17) is 15.2 Å². The van der Waals surface area contributed by atoms with Crippen LogP contribution in [0.2, 0.25) is 0 Å². The maximum absolute atomic E-state index is 6.35. The molecule has 2 aromatic heterocycles. The fraction of sp³-hybridized carbons (Fsp3) is 0.188. The molecular formula is C16H16BrN5O2. The average Bonchev–Trinajstić information content (AvgIpc) is 2.95. The van der Waals surface area contributed by atoms with Crippen molar-refractivity contribution in [3.05, 3.63) is 52.9 Å². The number of hydrogen-bond acceptors (Lipinski definition) is 6. The van der Waals surface area contributed by atoms with Crippen molar-refractivity contribution in [3.63, 3.8) is 0 Å². The van der Waals surface area contributed by atoms with Gasteiger partial charge in [-0.2, -0.15) is 9.78 Å². The van der Waals surface area contributed by atoms with E-state index in [1.165, 1.54) is 4.68 Å². The minimum absolute atomic E-state index is 0.380. The zero-order chi connectivity index (χ0) is 17.1. The van der Waals surface area contributed by atoms with E-state index in [0.29, 0.717) is 17.5 Å². The lowest BCUT2D eigenvalue weighted by molar-refractivity contribution is -0.108. The molecule has 0 aliphatic heterocycles. The van der Waals surface area contributed by atoms with E-state index >= 15 is 0 Å². The monoisotopic (exact) mass is 389 g/mol. The van der Waals surface area contributed by atoms with Gasteiger partial charge in [-0.25, -0.2) is 9.97 Å². The predicted molar refractivity (Wildman–Crippen MR) is 93.5 cm³/mol. The third kappa shape index (κ3) is 3.03. The molecule has 0 aliphatic carbocycles. The van der Waals surface area contributed by atoms with E-state index in [0.717, 1.165) is 15.6 Å². The molecule has 3 rings (SSSR count). The summed E-state index contributed by atoms with van der Waals surface area (Å²) in [6, 6.07) is 9.49. The number of aromatic nitrogens is 4. The van der Waals surface area contributed by atoms with Crippen LogP contribution < -0.4 is 5.73 Å². The van der Waals surface area contributed by atoms with Crippen LogP contribution in [-0.2, 0) is 9.47 Å². The Morgan fingerprint density at radius 3 is 2.29 bits per heavy atom. The second-order valence-electron chi connectivity index (χ2n) is 4.92. The van der Waals surface area contributed by atoms with Crippen LogP contribution >= 0.6 is 15.9 Å². The van der Waals surface area contributed by atoms with Gasteiger partial charge < -0.3 is 15.2 Å². The highest BCUT2D eigenvalue weighted by Crippen LogP contribution is 2.36. The molecule has 24 heavy (non-hydrogen) atoms. The summed E-state index contributed by atoms with van der Waals surface area (Å²) in [5.74, 6) is 0.795. The highest BCUT2D eigenvalue weighted by atomic mass is 79.9. The Hall–Kier alpha value is -2.29. The molecule has 8 heteroatoms. The quantitative estimate of drug-likeness (QED) is 0.674. The van der Waals surface area contributed by atoms with Crippen LogP contribution in [0.3, 0.4) is 0 Å². The van der Waals surface area contributed by atoms with E-state index in [1.54, 1.807) is 32.7 Å². The summed E-state index contributed by atoms with van der Waals surface area (Å²) in [6.07, 6.45) is 2.61. The van der Waals surface area contributed by atoms with E-state index in [2.05, 4.69) is 31.0 Å². The van der Waals surface area contributed by atoms with Crippen molar-refractivity contribution >= 4 is 21.7 Å². The second-order valence-corrected chi connectivity index (χ2v) is 5.83. The lowest BCUT2D eigenvalue weighted by Gasteiger charge is -2.12. The summed E-state index contributed by atoms with van der Waals surface area (Å²) < 4.78 is 13.2. The lowest BCUT2D eigenvalue weighted by Crippen LogP contribution is -2.08. The number of benzene rings is 1. The molecule has 0 radical (unpaired) electrons. The number of rotatable bonds is 5. The first kappa shape index (κ1) is 16.6. The number of nitrogens with zero attached hydrogens (tertiary/aromatic N) is 4. The Kier molecular flexibility index (Phi) is 4.89. The smallest absolute Gasteiger partial charge is 0.252 e. The molecule has 2 N–H and O–H groups in total. The minimum atomic E-state index is -0.657. The summed E-state index contributed by atoms with van der Waals surface area (Å²) in [5.41, 5.74) is 8.53. The largest absolute Gasteiger partial charge is 0.383 e. The molecule has 0 spiro atoms. The van der Waals surface area contributed by atoms with Gasteiger partial charge in [0.15, 0.2) is 0 Å². The summed E-state index contributed by atoms with van der Waals surface area (Å²) in [7, 11) is 3.10. The first-order valence-electron chi connectivity index (χ1n) is 7.13. The van der Waals surface area contributed by atoms with E-state index < -0.39 is 6.29 Å². The average molecular weight is 390 g/mol. The van der Waals surface area contributed by atoms with Gasteiger partial charge in [0.1, 0.15) is 11.5 Å². The van der Waals surface area contributed by atoms with Crippen molar-refractivity contribution in [1.29, 1.82) is 0 Å². The van der Waals surface area contributed by atoms with Crippen molar-refractivity contribution in [1.82, 2.24) is 19.7 Å². The molecule has 7 nitrogen and oxygen atoms in total. The molecule has 0 saturated carbocycles. The Balaban J connectivity index is 2.21. The molecule has 0 aliphatic rings. The number of hydrogen-bond donors (Lipinski definition) is 1. The summed E-state index contributed by atoms with van der Waals surface area (Å²) in [4.78, 5) is 8.41. The highest BCUT2D eigenvalue weighted by molar-refractivity contribution is 9.10. The van der Waals surface area contributed by atoms with Crippen LogP contribution in [0.15, 0.2) is 47.2 Å². The number of anilines is 1. The molecule has 0 atom stereocenters. The maximum Gasteiger partial charge on any atom is 0.252 e. The normalized spacial score (nSPS) is 11.2. The van der Waals surface area contributed by atoms with Gasteiger partial charge in [-0.3, -0.25) is 0 Å². The summed E-state index contributed by atoms with van der Waals surface area (Å²) in [6.45, 7) is 0. The molecule has 2 heterocycles. The number of methoxy groups -OCH3 is 2. The molecule has 0 unspecified atom stereocenters. The van der Waals surface area contributed by atoms with E-state index in [-0.39, 0.29) is 0 Å². The molecular weight excluding hydrogens is 374 g/mol. The van der Waals surface area contributed by atoms with Gasteiger partial charge in [0.05, 0.1) is 5.56 Å². The Labute approximate surface area is 147 Å². The standard InChI is InChI=1S/C16H16BrN5O2/c1-23-15(24-2)13-12(10-4-6-11(17)7-5-10)14(18)22(21-13)16-19-8-3-9-20-16/h3-9,15H,18H2,1-2H3. The van der Waals surface area contributed by atoms with Crippen LogP contribution in [0, 0.1) is 0 Å². The first-order chi connectivity index (χ1) is 11.7. The Morgan fingerprint density at radius 2 is 1.71 bits per heavy atom. The summed E-state index contributed by atoms with van der Waals surface area (Å²) >= 11 is 3.43. The van der Waals surface area contributed by atoms with Crippen LogP contribution in [0.5, 0.6) is 0 Å². The molecule has 0 saturated heterocycles. The number of ether oxygens (including phenoxy) is 2. The van der Waals surface area contributed by atoms with Crippen LogP contribution in [-0.4, -0.2) is 34.0 Å². The zero-order valence-electron chi connectivity index (χ0n) is 13.2. The molecule has 1 aromatic carbocycles. The van der Waals surface area contributed by atoms with Crippen molar-refractivity contribution < 1.29 is 9.47 Å². The molecule has 124 valence electrons. The lowest BCUT2D eigenvalue weighted by atomic mass is 10.1. The highest BCUT2D eigenvalue weighted by Gasteiger charge is 2.25.